The van der Waals surface area contributed by atoms with E-state index in [4.69, 9.17) is 35.8 Å². The minimum atomic E-state index is -1.53. The van der Waals surface area contributed by atoms with Crippen LogP contribution in [0.2, 0.25) is 5.02 Å². The third kappa shape index (κ3) is 9.92. The minimum Gasteiger partial charge on any atom is -0.491 e. The van der Waals surface area contributed by atoms with Crippen molar-refractivity contribution in [3.8, 4) is 22.9 Å². The van der Waals surface area contributed by atoms with Crippen LogP contribution in [0.15, 0.2) is 36.2 Å². The van der Waals surface area contributed by atoms with Crippen LogP contribution in [0.4, 0.5) is 9.93 Å². The van der Waals surface area contributed by atoms with Gasteiger partial charge >= 0.3 is 12.1 Å². The van der Waals surface area contributed by atoms with Gasteiger partial charge in [0.2, 0.25) is 11.8 Å². The molecule has 2 saturated heterocycles. The lowest BCUT2D eigenvalue weighted by molar-refractivity contribution is -0.146. The molecule has 0 radical (unpaired) electrons. The van der Waals surface area contributed by atoms with E-state index < -0.39 is 58.9 Å². The molecule has 3 amide bonds. The summed E-state index contributed by atoms with van der Waals surface area (Å²) in [5.74, 6) is -0.740. The van der Waals surface area contributed by atoms with Gasteiger partial charge in [-0.1, -0.05) is 38.4 Å². The number of hydrogen-bond acceptors (Lipinski definition) is 13. The van der Waals surface area contributed by atoms with E-state index in [0.717, 1.165) is 50.7 Å². The Morgan fingerprint density at radius 1 is 1.03 bits per heavy atom. The minimum absolute atomic E-state index is 0.0255. The number of carbonyl (C=O) groups excluding carboxylic acids is 3. The Labute approximate surface area is 383 Å². The third-order valence-corrected chi connectivity index (χ3v) is 14.4. The first kappa shape index (κ1) is 45.8. The normalized spacial score (nSPS) is 27.2. The lowest BCUT2D eigenvalue weighted by Gasteiger charge is -2.35. The van der Waals surface area contributed by atoms with Crippen molar-refractivity contribution < 1.29 is 38.5 Å². The molecule has 18 heteroatoms. The highest BCUT2D eigenvalue weighted by Crippen LogP contribution is 2.52. The van der Waals surface area contributed by atoms with Gasteiger partial charge < -0.3 is 45.1 Å². The maximum atomic E-state index is 14.8. The van der Waals surface area contributed by atoms with Gasteiger partial charge in [-0.3, -0.25) is 14.5 Å². The average Bonchev–Trinajstić information content (AvgIpc) is 3.91. The topological polar surface area (TPSA) is 188 Å². The van der Waals surface area contributed by atoms with Gasteiger partial charge in [-0.05, 0) is 76.0 Å². The maximum absolute atomic E-state index is 14.8. The number of benzene rings is 1. The summed E-state index contributed by atoms with van der Waals surface area (Å²) < 4.78 is 18.9. The predicted molar refractivity (Wildman–Crippen MR) is 245 cm³/mol. The summed E-state index contributed by atoms with van der Waals surface area (Å²) >= 11 is 8.58. The summed E-state index contributed by atoms with van der Waals surface area (Å²) in [4.78, 5) is 70.9. The Morgan fingerprint density at radius 2 is 1.77 bits per heavy atom. The first-order chi connectivity index (χ1) is 30.4. The number of thiazole rings is 1. The van der Waals surface area contributed by atoms with Crippen molar-refractivity contribution in [1.29, 1.82) is 0 Å². The number of aliphatic carboxylic acids is 1. The van der Waals surface area contributed by atoms with Gasteiger partial charge in [-0.25, -0.2) is 19.6 Å². The summed E-state index contributed by atoms with van der Waals surface area (Å²) in [6.07, 6.45) is 2.88. The van der Waals surface area contributed by atoms with Crippen molar-refractivity contribution in [2.75, 3.05) is 58.2 Å². The highest BCUT2D eigenvalue weighted by molar-refractivity contribution is 7.14. The molecular formula is C46H61ClN8O8S. The Balaban J connectivity index is 1.09. The molecule has 64 heavy (non-hydrogen) atoms. The Bertz CT molecular complexity index is 2270. The molecule has 3 aromatic rings. The number of rotatable bonds is 16. The number of nitrogens with one attached hydrogen (secondary N) is 3. The number of amides is 3. The number of halogens is 1. The number of carbonyl (C=O) groups is 4. The SMILES string of the molecule is C=C[C@@H]1CC1(NC(=O)[C@@H]1CC(Oc2cc(-c3csc(NC(C)C)n3)nc3c(Cl)c(OCCN4CCN(C)CC4)ccc23)CN1C(=O)[C@@H](NC(=O)OC1C[C@@H]2C[C@@H]2C1)C(C)(C)C)C(=O)O. The summed E-state index contributed by atoms with van der Waals surface area (Å²) in [5, 5.41) is 22.6. The molecule has 3 saturated carbocycles. The third-order valence-electron chi connectivity index (χ3n) is 13.3. The van der Waals surface area contributed by atoms with Gasteiger partial charge in [0.25, 0.3) is 0 Å². The molecule has 346 valence electrons. The fourth-order valence-corrected chi connectivity index (χ4v) is 10.5. The van der Waals surface area contributed by atoms with Crippen LogP contribution in [0, 0.1) is 23.2 Å². The van der Waals surface area contributed by atoms with Crippen LogP contribution in [-0.2, 0) is 19.1 Å². The maximum Gasteiger partial charge on any atom is 0.408 e. The molecule has 16 nitrogen and oxygen atoms in total. The number of pyridine rings is 1. The Hall–Kier alpha value is -4.71. The van der Waals surface area contributed by atoms with E-state index in [2.05, 4.69) is 39.4 Å². The molecule has 2 aliphatic heterocycles. The van der Waals surface area contributed by atoms with E-state index in [1.165, 1.54) is 28.7 Å². The number of alkyl carbamates (subject to hydrolysis) is 1. The van der Waals surface area contributed by atoms with Crippen LogP contribution < -0.4 is 25.4 Å². The molecule has 2 aromatic heterocycles. The molecular weight excluding hydrogens is 860 g/mol. The lowest BCUT2D eigenvalue weighted by Crippen LogP contribution is -2.59. The summed E-state index contributed by atoms with van der Waals surface area (Å²) in [7, 11) is 2.12. The predicted octanol–water partition coefficient (Wildman–Crippen LogP) is 5.89. The summed E-state index contributed by atoms with van der Waals surface area (Å²) in [6.45, 7) is 18.4. The standard InChI is InChI=1S/C46H61ClN8O8S/c1-8-28-22-46(28,42(58)59)52-40(56)34-20-30(23-55(34)41(57)39(45(4,5)6)51-44(60)63-29-18-26-17-27(26)19-29)62-36-21-32(33-24-64-43(50-33)48-25(2)3)49-38-31(36)9-10-35(37(38)47)61-16-15-54-13-11-53(7)12-14-54/h8-10,21,24-30,34,39H,1,11-20,22-23H2,2-7H3,(H,48,50)(H,51,60)(H,52,56)(H,58,59)/t26-,27+,28-,29?,30?,34+,39-,46?/m1/s1. The molecule has 1 aromatic carbocycles. The van der Waals surface area contributed by atoms with E-state index in [1.54, 1.807) is 12.1 Å². The van der Waals surface area contributed by atoms with Crippen molar-refractivity contribution in [3.63, 3.8) is 0 Å². The van der Waals surface area contributed by atoms with E-state index in [0.29, 0.717) is 57.3 Å². The zero-order valence-corrected chi connectivity index (χ0v) is 39.1. The number of aromatic nitrogens is 2. The molecule has 4 heterocycles. The average molecular weight is 922 g/mol. The largest absolute Gasteiger partial charge is 0.491 e. The lowest BCUT2D eigenvalue weighted by atomic mass is 9.85. The van der Waals surface area contributed by atoms with Crippen LogP contribution in [0.1, 0.15) is 66.7 Å². The van der Waals surface area contributed by atoms with Crippen molar-refractivity contribution in [2.24, 2.45) is 23.2 Å². The van der Waals surface area contributed by atoms with Crippen molar-refractivity contribution in [3.05, 3.63) is 41.3 Å². The van der Waals surface area contributed by atoms with Gasteiger partial charge in [0.1, 0.15) is 58.7 Å². The first-order valence-electron chi connectivity index (χ1n) is 22.4. The van der Waals surface area contributed by atoms with Crippen LogP contribution in [-0.4, -0.2) is 142 Å². The molecule has 5 fully saturated rings. The van der Waals surface area contributed by atoms with E-state index in [1.807, 2.05) is 46.1 Å². The van der Waals surface area contributed by atoms with Crippen LogP contribution >= 0.6 is 22.9 Å². The van der Waals surface area contributed by atoms with Crippen molar-refractivity contribution in [1.82, 2.24) is 35.3 Å². The van der Waals surface area contributed by atoms with Gasteiger partial charge in [0, 0.05) is 67.9 Å². The second-order valence-corrected chi connectivity index (χ2v) is 20.8. The zero-order valence-electron chi connectivity index (χ0n) is 37.5. The molecule has 8 atom stereocenters. The number of fused-ring (bicyclic) bond motifs is 2. The fourth-order valence-electron chi connectivity index (χ4n) is 9.36. The highest BCUT2D eigenvalue weighted by atomic mass is 35.5. The monoisotopic (exact) mass is 920 g/mol. The van der Waals surface area contributed by atoms with Gasteiger partial charge in [0.15, 0.2) is 5.13 Å². The van der Waals surface area contributed by atoms with E-state index in [9.17, 15) is 24.3 Å². The number of ether oxygens (including phenoxy) is 3. The number of hydrogen-bond donors (Lipinski definition) is 4. The van der Waals surface area contributed by atoms with E-state index >= 15 is 0 Å². The van der Waals surface area contributed by atoms with Crippen LogP contribution in [0.5, 0.6) is 11.5 Å². The molecule has 5 aliphatic rings. The molecule has 0 spiro atoms. The Morgan fingerprint density at radius 3 is 2.42 bits per heavy atom. The smallest absolute Gasteiger partial charge is 0.408 e. The highest BCUT2D eigenvalue weighted by Gasteiger charge is 2.61. The quantitative estimate of drug-likeness (QED) is 0.125. The summed E-state index contributed by atoms with van der Waals surface area (Å²) in [5.41, 5.74) is -0.808. The van der Waals surface area contributed by atoms with Crippen molar-refractivity contribution in [2.45, 2.75) is 103 Å². The number of likely N-dealkylation sites (N-methyl/N-ethyl adjacent to an activating group) is 1. The number of likely N-dealkylation sites (tertiary alicyclic amines) is 1. The number of piperazine rings is 1. The zero-order chi connectivity index (χ0) is 45.7. The molecule has 8 rings (SSSR count). The van der Waals surface area contributed by atoms with Gasteiger partial charge in [-0.15, -0.1) is 17.9 Å². The number of nitrogens with zero attached hydrogens (tertiary/aromatic N) is 5. The fraction of sp³-hybridized carbons (Fsp3) is 0.609. The molecule has 4 N–H and O–H groups in total. The molecule has 0 bridgehead atoms. The number of carboxylic acid groups (broad SMARTS) is 1. The molecule has 3 unspecified atom stereocenters. The van der Waals surface area contributed by atoms with Crippen LogP contribution in [0.3, 0.4) is 0 Å². The number of carboxylic acids is 1. The number of anilines is 1. The second kappa shape index (κ2) is 18.3. The van der Waals surface area contributed by atoms with Gasteiger partial charge in [-0.2, -0.15) is 0 Å². The van der Waals surface area contributed by atoms with Gasteiger partial charge in [0.05, 0.1) is 17.8 Å². The summed E-state index contributed by atoms with van der Waals surface area (Å²) in [6, 6.07) is 3.35. The Kier molecular flexibility index (Phi) is 13.1. The molecule has 3 aliphatic carbocycles. The van der Waals surface area contributed by atoms with Crippen molar-refractivity contribution >= 4 is 62.8 Å². The van der Waals surface area contributed by atoms with Crippen LogP contribution in [0.25, 0.3) is 22.3 Å². The first-order valence-corrected chi connectivity index (χ1v) is 23.7. The second-order valence-electron chi connectivity index (χ2n) is 19.6. The van der Waals surface area contributed by atoms with E-state index in [-0.39, 0.29) is 31.5 Å².